The molecule has 0 atom stereocenters. The van der Waals surface area contributed by atoms with E-state index in [-0.39, 0.29) is 10.6 Å². The molecule has 2 N–H and O–H groups in total. The smallest absolute Gasteiger partial charge is 0.183 e. The molecule has 0 unspecified atom stereocenters. The van der Waals surface area contributed by atoms with Gasteiger partial charge in [-0.15, -0.1) is 11.3 Å². The summed E-state index contributed by atoms with van der Waals surface area (Å²) in [5.74, 6) is -0.0478. The molecule has 0 amide bonds. The Morgan fingerprint density at radius 3 is 2.59 bits per heavy atom. The topological polar surface area (TPSA) is 60.2 Å². The highest BCUT2D eigenvalue weighted by Gasteiger charge is 2.16. The first-order chi connectivity index (χ1) is 7.97. The van der Waals surface area contributed by atoms with Gasteiger partial charge in [0.15, 0.2) is 9.84 Å². The van der Waals surface area contributed by atoms with Crippen molar-refractivity contribution in [1.29, 1.82) is 0 Å². The summed E-state index contributed by atoms with van der Waals surface area (Å²) in [5, 5.41) is 0. The molecular formula is C11H10ClNO2S2. The van der Waals surface area contributed by atoms with Crippen LogP contribution in [-0.2, 0) is 15.6 Å². The van der Waals surface area contributed by atoms with Crippen LogP contribution in [0.25, 0.3) is 0 Å². The van der Waals surface area contributed by atoms with E-state index in [1.165, 1.54) is 17.4 Å². The lowest BCUT2D eigenvalue weighted by molar-refractivity contribution is 0.595. The molecule has 0 saturated carbocycles. The van der Waals surface area contributed by atoms with E-state index in [0.717, 1.165) is 4.88 Å². The molecule has 1 aromatic carbocycles. The van der Waals surface area contributed by atoms with Crippen molar-refractivity contribution >= 4 is 38.5 Å². The second-order valence-electron chi connectivity index (χ2n) is 3.54. The summed E-state index contributed by atoms with van der Waals surface area (Å²) in [6, 6.07) is 9.70. The Labute approximate surface area is 109 Å². The lowest BCUT2D eigenvalue weighted by atomic mass is 10.3. The van der Waals surface area contributed by atoms with Crippen LogP contribution in [0, 0.1) is 0 Å². The van der Waals surface area contributed by atoms with Crippen molar-refractivity contribution in [2.24, 2.45) is 0 Å². The van der Waals surface area contributed by atoms with Gasteiger partial charge in [0.2, 0.25) is 0 Å². The molecule has 0 radical (unpaired) electrons. The van der Waals surface area contributed by atoms with Crippen molar-refractivity contribution in [3.63, 3.8) is 0 Å². The van der Waals surface area contributed by atoms with Gasteiger partial charge < -0.3 is 5.73 Å². The quantitative estimate of drug-likeness (QED) is 0.883. The van der Waals surface area contributed by atoms with Crippen molar-refractivity contribution in [3.05, 3.63) is 45.6 Å². The average Bonchev–Trinajstić information content (AvgIpc) is 2.63. The SMILES string of the molecule is Nc1cccc(S(=O)(=O)Cc2ccc(Cl)s2)c1. The van der Waals surface area contributed by atoms with E-state index >= 15 is 0 Å². The maximum atomic E-state index is 12.1. The molecule has 0 aliphatic carbocycles. The van der Waals surface area contributed by atoms with Crippen LogP contribution in [0.1, 0.15) is 4.88 Å². The molecule has 6 heteroatoms. The zero-order chi connectivity index (χ0) is 12.5. The number of rotatable bonds is 3. The number of thiophene rings is 1. The van der Waals surface area contributed by atoms with E-state index in [9.17, 15) is 8.42 Å². The Balaban J connectivity index is 2.31. The van der Waals surface area contributed by atoms with Crippen LogP contribution in [0.3, 0.4) is 0 Å². The fourth-order valence-corrected chi connectivity index (χ4v) is 4.23. The van der Waals surface area contributed by atoms with E-state index in [4.69, 9.17) is 17.3 Å². The molecule has 90 valence electrons. The number of benzene rings is 1. The molecule has 0 bridgehead atoms. The zero-order valence-corrected chi connectivity index (χ0v) is 11.1. The van der Waals surface area contributed by atoms with Gasteiger partial charge in [0.05, 0.1) is 15.0 Å². The van der Waals surface area contributed by atoms with Crippen LogP contribution >= 0.6 is 22.9 Å². The minimum atomic E-state index is -3.35. The highest BCUT2D eigenvalue weighted by molar-refractivity contribution is 7.90. The fourth-order valence-electron chi connectivity index (χ4n) is 1.41. The Morgan fingerprint density at radius 2 is 2.00 bits per heavy atom. The first-order valence-electron chi connectivity index (χ1n) is 4.80. The summed E-state index contributed by atoms with van der Waals surface area (Å²) < 4.78 is 24.7. The van der Waals surface area contributed by atoms with Gasteiger partial charge in [-0.05, 0) is 30.3 Å². The van der Waals surface area contributed by atoms with Gasteiger partial charge in [-0.3, -0.25) is 0 Å². The zero-order valence-electron chi connectivity index (χ0n) is 8.76. The number of anilines is 1. The number of hydrogen-bond donors (Lipinski definition) is 1. The van der Waals surface area contributed by atoms with Crippen molar-refractivity contribution in [2.75, 3.05) is 5.73 Å². The van der Waals surface area contributed by atoms with Crippen LogP contribution in [0.2, 0.25) is 4.34 Å². The summed E-state index contributed by atoms with van der Waals surface area (Å²) in [7, 11) is -3.35. The maximum Gasteiger partial charge on any atom is 0.183 e. The van der Waals surface area contributed by atoms with Crippen molar-refractivity contribution in [3.8, 4) is 0 Å². The van der Waals surface area contributed by atoms with Crippen molar-refractivity contribution < 1.29 is 8.42 Å². The molecule has 2 rings (SSSR count). The molecular weight excluding hydrogens is 278 g/mol. The van der Waals surface area contributed by atoms with Gasteiger partial charge in [-0.2, -0.15) is 0 Å². The van der Waals surface area contributed by atoms with Crippen LogP contribution in [0.4, 0.5) is 5.69 Å². The Bertz CT molecular complexity index is 634. The van der Waals surface area contributed by atoms with Gasteiger partial charge in [0, 0.05) is 10.6 Å². The van der Waals surface area contributed by atoms with Crippen molar-refractivity contribution in [2.45, 2.75) is 10.6 Å². The standard InChI is InChI=1S/C11H10ClNO2S2/c12-11-5-4-9(16-11)7-17(14,15)10-3-1-2-8(13)6-10/h1-6H,7,13H2. The molecule has 0 fully saturated rings. The lowest BCUT2D eigenvalue weighted by Crippen LogP contribution is -2.04. The van der Waals surface area contributed by atoms with Crippen LogP contribution in [-0.4, -0.2) is 8.42 Å². The number of nitrogens with two attached hydrogens (primary N) is 1. The Kier molecular flexibility index (Phi) is 3.42. The van der Waals surface area contributed by atoms with E-state index in [1.807, 2.05) is 0 Å². The third-order valence-corrected chi connectivity index (χ3v) is 5.26. The number of halogens is 1. The molecule has 3 nitrogen and oxygen atoms in total. The van der Waals surface area contributed by atoms with Crippen LogP contribution in [0.5, 0.6) is 0 Å². The molecule has 0 aliphatic heterocycles. The molecule has 0 aliphatic rings. The highest BCUT2D eigenvalue weighted by atomic mass is 35.5. The molecule has 1 heterocycles. The summed E-state index contributed by atoms with van der Waals surface area (Å²) in [6.45, 7) is 0. The number of hydrogen-bond acceptors (Lipinski definition) is 4. The van der Waals surface area contributed by atoms with E-state index in [1.54, 1.807) is 30.3 Å². The molecule has 1 aromatic heterocycles. The summed E-state index contributed by atoms with van der Waals surface area (Å²) in [5.41, 5.74) is 6.01. The summed E-state index contributed by atoms with van der Waals surface area (Å²) in [4.78, 5) is 0.958. The van der Waals surface area contributed by atoms with Crippen molar-refractivity contribution in [1.82, 2.24) is 0 Å². The summed E-state index contributed by atoms with van der Waals surface area (Å²) in [6.07, 6.45) is 0. The first kappa shape index (κ1) is 12.4. The van der Waals surface area contributed by atoms with Gasteiger partial charge in [0.25, 0.3) is 0 Å². The van der Waals surface area contributed by atoms with Gasteiger partial charge in [0.1, 0.15) is 0 Å². The predicted octanol–water partition coefficient (Wildman–Crippen LogP) is 2.96. The first-order valence-corrected chi connectivity index (χ1v) is 7.64. The molecule has 0 spiro atoms. The summed E-state index contributed by atoms with van der Waals surface area (Å²) >= 11 is 7.03. The monoisotopic (exact) mass is 287 g/mol. The third-order valence-electron chi connectivity index (χ3n) is 2.18. The van der Waals surface area contributed by atoms with Crippen LogP contribution < -0.4 is 5.73 Å². The average molecular weight is 288 g/mol. The number of nitrogen functional groups attached to an aromatic ring is 1. The van der Waals surface area contributed by atoms with E-state index in [2.05, 4.69) is 0 Å². The van der Waals surface area contributed by atoms with E-state index < -0.39 is 9.84 Å². The molecule has 2 aromatic rings. The van der Waals surface area contributed by atoms with Crippen LogP contribution in [0.15, 0.2) is 41.3 Å². The third kappa shape index (κ3) is 3.00. The Morgan fingerprint density at radius 1 is 1.24 bits per heavy atom. The molecule has 0 saturated heterocycles. The van der Waals surface area contributed by atoms with E-state index in [0.29, 0.717) is 10.0 Å². The Hall–Kier alpha value is -1.04. The normalized spacial score (nSPS) is 11.6. The highest BCUT2D eigenvalue weighted by Crippen LogP contribution is 2.26. The minimum Gasteiger partial charge on any atom is -0.399 e. The van der Waals surface area contributed by atoms with Gasteiger partial charge in [-0.25, -0.2) is 8.42 Å². The predicted molar refractivity (Wildman–Crippen MR) is 71.1 cm³/mol. The number of sulfone groups is 1. The maximum absolute atomic E-state index is 12.1. The fraction of sp³-hybridized carbons (Fsp3) is 0.0909. The van der Waals surface area contributed by atoms with Gasteiger partial charge >= 0.3 is 0 Å². The molecule has 17 heavy (non-hydrogen) atoms. The minimum absolute atomic E-state index is 0.0478. The van der Waals surface area contributed by atoms with Gasteiger partial charge in [-0.1, -0.05) is 17.7 Å². The largest absolute Gasteiger partial charge is 0.399 e. The second-order valence-corrected chi connectivity index (χ2v) is 7.33. The second kappa shape index (κ2) is 4.68. The lowest BCUT2D eigenvalue weighted by Gasteiger charge is -2.03.